The number of thiazole rings is 1. The van der Waals surface area contributed by atoms with Crippen LogP contribution in [-0.4, -0.2) is 85.2 Å². The molecule has 0 radical (unpaired) electrons. The maximum atomic E-state index is 13.2. The first-order valence-corrected chi connectivity index (χ1v) is 14.7. The number of anilines is 1. The first-order valence-electron chi connectivity index (χ1n) is 12.8. The monoisotopic (exact) mass is 668 g/mol. The Bertz CT molecular complexity index is 1690. The number of aliphatic carboxylic acids is 1. The van der Waals surface area contributed by atoms with E-state index in [1.807, 2.05) is 0 Å². The van der Waals surface area contributed by atoms with Gasteiger partial charge in [-0.1, -0.05) is 17.3 Å². The lowest BCUT2D eigenvalue weighted by molar-refractivity contribution is -0.199. The van der Waals surface area contributed by atoms with E-state index in [1.54, 1.807) is 12.1 Å². The standard InChI is InChI=1S/C26H20F4N6O7S2/c27-14-3-1-11(2-4-14)8-35-6-5-12(20(35)38)7-13-9-44-22-17(21(39)36(22)18(13)23(40)41)33-19(37)16(15-10-45-25(31)32-15)34-43-24(42)26(28,29)30/h1-4,7,10,17,22H,5-6,8-9H2,(H2,31,32)(H,33,37)(H,40,41)/b12-7+,34-16-/t17-,22-/m1/s1. The molecule has 0 saturated carbocycles. The van der Waals surface area contributed by atoms with Crippen LogP contribution in [0, 0.1) is 5.82 Å². The van der Waals surface area contributed by atoms with Gasteiger partial charge in [0.1, 0.15) is 28.6 Å². The number of aromatic nitrogens is 1. The predicted octanol–water partition coefficient (Wildman–Crippen LogP) is 1.77. The number of oxime groups is 1. The summed E-state index contributed by atoms with van der Waals surface area (Å²) in [5, 5.41) is 15.4. The van der Waals surface area contributed by atoms with Crippen molar-refractivity contribution in [3.05, 3.63) is 69.6 Å². The SMILES string of the molecule is Nc1nc(/C(=N/OC(=O)C(F)(F)F)C(=O)N[C@@H]2C(=O)N3C(C(=O)O)=C(/C=C4\CCN(Cc5ccc(F)cc5)C4=O)CS[C@H]23)cs1. The minimum Gasteiger partial charge on any atom is -0.477 e. The number of carboxylic acids is 1. The maximum absolute atomic E-state index is 13.2. The summed E-state index contributed by atoms with van der Waals surface area (Å²) in [6, 6.07) is 4.32. The summed E-state index contributed by atoms with van der Waals surface area (Å²) < 4.78 is 51.0. The largest absolute Gasteiger partial charge is 0.493 e. The van der Waals surface area contributed by atoms with Crippen molar-refractivity contribution in [2.75, 3.05) is 18.0 Å². The number of hydrogen-bond donors (Lipinski definition) is 3. The number of hydrogen-bond acceptors (Lipinski definition) is 11. The van der Waals surface area contributed by atoms with Crippen LogP contribution in [0.4, 0.5) is 22.7 Å². The van der Waals surface area contributed by atoms with Gasteiger partial charge in [0.15, 0.2) is 10.8 Å². The van der Waals surface area contributed by atoms with Gasteiger partial charge in [-0.15, -0.1) is 23.1 Å². The van der Waals surface area contributed by atoms with Crippen LogP contribution in [0.2, 0.25) is 0 Å². The number of amides is 3. The molecule has 4 N–H and O–H groups in total. The number of β-lactam (4-membered cyclic amide) rings is 1. The fourth-order valence-electron chi connectivity index (χ4n) is 4.68. The minimum atomic E-state index is -5.41. The van der Waals surface area contributed by atoms with Gasteiger partial charge in [-0.2, -0.15) is 13.2 Å². The second-order valence-corrected chi connectivity index (χ2v) is 11.7. The molecule has 0 unspecified atom stereocenters. The molecule has 0 bridgehead atoms. The Balaban J connectivity index is 1.32. The smallest absolute Gasteiger partial charge is 0.477 e. The second-order valence-electron chi connectivity index (χ2n) is 9.70. The van der Waals surface area contributed by atoms with Crippen LogP contribution in [-0.2, 0) is 35.4 Å². The molecule has 0 spiro atoms. The lowest BCUT2D eigenvalue weighted by atomic mass is 10.0. The van der Waals surface area contributed by atoms with Crippen LogP contribution < -0.4 is 11.1 Å². The van der Waals surface area contributed by atoms with E-state index >= 15 is 0 Å². The van der Waals surface area contributed by atoms with Crippen molar-refractivity contribution >= 4 is 63.6 Å². The van der Waals surface area contributed by atoms with Crippen molar-refractivity contribution in [2.24, 2.45) is 5.16 Å². The Labute approximate surface area is 258 Å². The number of halogens is 4. The summed E-state index contributed by atoms with van der Waals surface area (Å²) in [5.41, 5.74) is 5.13. The van der Waals surface area contributed by atoms with Gasteiger partial charge in [-0.3, -0.25) is 19.3 Å². The Morgan fingerprint density at radius 3 is 2.56 bits per heavy atom. The van der Waals surface area contributed by atoms with E-state index in [4.69, 9.17) is 5.73 Å². The number of thioether (sulfide) groups is 1. The van der Waals surface area contributed by atoms with Gasteiger partial charge >= 0.3 is 18.1 Å². The van der Waals surface area contributed by atoms with Gasteiger partial charge < -0.3 is 25.9 Å². The van der Waals surface area contributed by atoms with Crippen LogP contribution in [0.1, 0.15) is 17.7 Å². The van der Waals surface area contributed by atoms with Crippen molar-refractivity contribution in [3.63, 3.8) is 0 Å². The number of benzene rings is 1. The molecule has 2 saturated heterocycles. The number of nitrogens with one attached hydrogen (secondary N) is 1. The molecule has 2 atom stereocenters. The van der Waals surface area contributed by atoms with E-state index in [2.05, 4.69) is 20.3 Å². The first-order chi connectivity index (χ1) is 21.2. The van der Waals surface area contributed by atoms with Crippen LogP contribution in [0.15, 0.2) is 57.7 Å². The van der Waals surface area contributed by atoms with Crippen LogP contribution >= 0.6 is 23.1 Å². The van der Waals surface area contributed by atoms with Crippen molar-refractivity contribution < 1.29 is 51.5 Å². The number of nitrogens with two attached hydrogens (primary N) is 1. The minimum absolute atomic E-state index is 0.0317. The van der Waals surface area contributed by atoms with Crippen LogP contribution in [0.5, 0.6) is 0 Å². The molecule has 45 heavy (non-hydrogen) atoms. The van der Waals surface area contributed by atoms with Crippen molar-refractivity contribution in [2.45, 2.75) is 30.6 Å². The predicted molar refractivity (Wildman–Crippen MR) is 149 cm³/mol. The lowest BCUT2D eigenvalue weighted by Crippen LogP contribution is -2.71. The fraction of sp³-hybridized carbons (Fsp3) is 0.269. The van der Waals surface area contributed by atoms with E-state index in [1.165, 1.54) is 23.1 Å². The number of nitrogens with zero attached hydrogens (tertiary/aromatic N) is 4. The molecule has 2 fully saturated rings. The van der Waals surface area contributed by atoms with Gasteiger partial charge in [0.05, 0.1) is 0 Å². The number of nitrogen functional groups attached to an aromatic ring is 1. The number of likely N-dealkylation sites (tertiary alicyclic amines) is 1. The highest BCUT2D eigenvalue weighted by atomic mass is 32.2. The average molecular weight is 669 g/mol. The highest BCUT2D eigenvalue weighted by molar-refractivity contribution is 8.00. The summed E-state index contributed by atoms with van der Waals surface area (Å²) in [6.45, 7) is 0.565. The Morgan fingerprint density at radius 1 is 1.22 bits per heavy atom. The molecule has 19 heteroatoms. The summed E-state index contributed by atoms with van der Waals surface area (Å²) in [5.74, 6) is -6.98. The summed E-state index contributed by atoms with van der Waals surface area (Å²) in [4.78, 5) is 72.6. The van der Waals surface area contributed by atoms with E-state index in [0.29, 0.717) is 24.1 Å². The third-order valence-corrected chi connectivity index (χ3v) is 8.74. The first kappa shape index (κ1) is 31.6. The lowest BCUT2D eigenvalue weighted by Gasteiger charge is -2.49. The van der Waals surface area contributed by atoms with Gasteiger partial charge in [-0.25, -0.2) is 19.0 Å². The fourth-order valence-corrected chi connectivity index (χ4v) is 6.53. The third kappa shape index (κ3) is 6.53. The molecule has 5 rings (SSSR count). The molecule has 0 aliphatic carbocycles. The summed E-state index contributed by atoms with van der Waals surface area (Å²) in [6.07, 6.45) is -3.68. The molecule has 1 aromatic heterocycles. The molecule has 2 aromatic rings. The normalized spacial score (nSPS) is 21.2. The van der Waals surface area contributed by atoms with Crippen molar-refractivity contribution in [1.29, 1.82) is 0 Å². The Kier molecular flexibility index (Phi) is 8.66. The third-order valence-electron chi connectivity index (χ3n) is 6.77. The average Bonchev–Trinajstić information content (AvgIpc) is 3.56. The molecule has 4 heterocycles. The molecule has 3 aliphatic rings. The van der Waals surface area contributed by atoms with Gasteiger partial charge in [0.2, 0.25) is 5.91 Å². The zero-order chi connectivity index (χ0) is 32.6. The van der Waals surface area contributed by atoms with E-state index in [9.17, 15) is 46.6 Å². The van der Waals surface area contributed by atoms with Crippen molar-refractivity contribution in [1.82, 2.24) is 20.1 Å². The maximum Gasteiger partial charge on any atom is 0.493 e. The van der Waals surface area contributed by atoms with Crippen LogP contribution in [0.25, 0.3) is 0 Å². The molecular weight excluding hydrogens is 648 g/mol. The molecule has 3 aliphatic heterocycles. The summed E-state index contributed by atoms with van der Waals surface area (Å²) >= 11 is 1.89. The second kappa shape index (κ2) is 12.3. The number of alkyl halides is 3. The highest BCUT2D eigenvalue weighted by Crippen LogP contribution is 2.41. The molecule has 13 nitrogen and oxygen atoms in total. The molecular formula is C26H20F4N6O7S2. The number of carbonyl (C=O) groups is 5. The van der Waals surface area contributed by atoms with Crippen molar-refractivity contribution in [3.8, 4) is 0 Å². The van der Waals surface area contributed by atoms with E-state index < -0.39 is 58.6 Å². The quantitative estimate of drug-likeness (QED) is 0.0936. The zero-order valence-corrected chi connectivity index (χ0v) is 24.2. The molecule has 1 aromatic carbocycles. The number of carboxylic acid groups (broad SMARTS) is 1. The van der Waals surface area contributed by atoms with E-state index in [0.717, 1.165) is 33.4 Å². The van der Waals surface area contributed by atoms with Gasteiger partial charge in [0, 0.05) is 29.8 Å². The van der Waals surface area contributed by atoms with Crippen LogP contribution in [0.3, 0.4) is 0 Å². The van der Waals surface area contributed by atoms with Gasteiger partial charge in [0.25, 0.3) is 11.8 Å². The Morgan fingerprint density at radius 2 is 1.93 bits per heavy atom. The molecule has 3 amide bonds. The zero-order valence-electron chi connectivity index (χ0n) is 22.5. The van der Waals surface area contributed by atoms with E-state index in [-0.39, 0.29) is 34.6 Å². The summed E-state index contributed by atoms with van der Waals surface area (Å²) in [7, 11) is 0. The number of fused-ring (bicyclic) bond motifs is 1. The Hall–Kier alpha value is -4.78. The highest BCUT2D eigenvalue weighted by Gasteiger charge is 2.54. The number of rotatable bonds is 8. The topological polar surface area (TPSA) is 185 Å². The molecule has 236 valence electrons. The van der Waals surface area contributed by atoms with Gasteiger partial charge in [-0.05, 0) is 35.8 Å². The number of carbonyl (C=O) groups excluding carboxylic acids is 4. The number of allylic oxidation sites excluding steroid dienone is 1.